The maximum absolute atomic E-state index is 12.9. The summed E-state index contributed by atoms with van der Waals surface area (Å²) in [6.07, 6.45) is 2.88. The van der Waals surface area contributed by atoms with Crippen LogP contribution in [0, 0.1) is 5.92 Å². The highest BCUT2D eigenvalue weighted by Gasteiger charge is 2.33. The van der Waals surface area contributed by atoms with Crippen molar-refractivity contribution < 1.29 is 13.2 Å². The summed E-state index contributed by atoms with van der Waals surface area (Å²) >= 11 is 0. The van der Waals surface area contributed by atoms with Crippen LogP contribution in [0.2, 0.25) is 0 Å². The van der Waals surface area contributed by atoms with Gasteiger partial charge < -0.3 is 4.90 Å². The molecule has 2 saturated heterocycles. The molecule has 2 aliphatic heterocycles. The monoisotopic (exact) mass is 407 g/mol. The molecule has 0 radical (unpaired) electrons. The smallest absolute Gasteiger partial charge is 0.225 e. The van der Waals surface area contributed by atoms with E-state index in [0.717, 1.165) is 39.1 Å². The Morgan fingerprint density at radius 1 is 1.00 bits per heavy atom. The second-order valence-electron chi connectivity index (χ2n) is 7.93. The molecule has 2 aliphatic rings. The lowest BCUT2D eigenvalue weighted by Crippen LogP contribution is -2.51. The minimum absolute atomic E-state index is 0.0294. The van der Waals surface area contributed by atoms with Crippen LogP contribution in [0.4, 0.5) is 0 Å². The van der Waals surface area contributed by atoms with E-state index in [2.05, 4.69) is 29.2 Å². The van der Waals surface area contributed by atoms with Crippen molar-refractivity contribution in [1.29, 1.82) is 0 Å². The summed E-state index contributed by atoms with van der Waals surface area (Å²) in [5, 5.41) is 0. The lowest BCUT2D eigenvalue weighted by atomic mass is 9.96. The van der Waals surface area contributed by atoms with E-state index in [1.807, 2.05) is 17.9 Å². The Bertz CT molecular complexity index is 723. The number of piperazine rings is 1. The minimum atomic E-state index is -3.15. The van der Waals surface area contributed by atoms with Gasteiger partial charge in [-0.05, 0) is 24.8 Å². The average molecular weight is 408 g/mol. The number of benzene rings is 1. The van der Waals surface area contributed by atoms with E-state index in [1.54, 1.807) is 4.31 Å². The molecule has 6 nitrogen and oxygen atoms in total. The summed E-state index contributed by atoms with van der Waals surface area (Å²) in [6, 6.07) is 10.4. The predicted molar refractivity (Wildman–Crippen MR) is 111 cm³/mol. The number of carbonyl (C=O) groups excluding carboxylic acids is 1. The zero-order valence-corrected chi connectivity index (χ0v) is 17.7. The molecule has 1 amide bonds. The summed E-state index contributed by atoms with van der Waals surface area (Å²) in [6.45, 7) is 7.21. The number of sulfonamides is 1. The fourth-order valence-electron chi connectivity index (χ4n) is 4.06. The summed E-state index contributed by atoms with van der Waals surface area (Å²) in [5.41, 5.74) is 1.30. The fourth-order valence-corrected chi connectivity index (χ4v) is 5.74. The van der Waals surface area contributed by atoms with Crippen LogP contribution in [-0.2, 0) is 21.4 Å². The second-order valence-corrected chi connectivity index (χ2v) is 10.0. The van der Waals surface area contributed by atoms with E-state index in [4.69, 9.17) is 0 Å². The molecule has 1 aromatic rings. The number of carbonyl (C=O) groups is 1. The minimum Gasteiger partial charge on any atom is -0.340 e. The molecule has 3 rings (SSSR count). The van der Waals surface area contributed by atoms with Crippen molar-refractivity contribution in [1.82, 2.24) is 14.1 Å². The molecule has 0 unspecified atom stereocenters. The van der Waals surface area contributed by atoms with Crippen molar-refractivity contribution in [3.05, 3.63) is 35.9 Å². The van der Waals surface area contributed by atoms with Gasteiger partial charge in [-0.2, -0.15) is 0 Å². The number of rotatable bonds is 7. The molecule has 2 fully saturated rings. The van der Waals surface area contributed by atoms with Gasteiger partial charge >= 0.3 is 0 Å². The zero-order valence-electron chi connectivity index (χ0n) is 16.9. The molecule has 0 aliphatic carbocycles. The molecule has 1 aromatic carbocycles. The molecular weight excluding hydrogens is 374 g/mol. The predicted octanol–water partition coefficient (Wildman–Crippen LogP) is 2.17. The number of unbranched alkanes of at least 4 members (excludes halogenated alkanes) is 1. The van der Waals surface area contributed by atoms with Crippen molar-refractivity contribution in [2.75, 3.05) is 45.0 Å². The van der Waals surface area contributed by atoms with E-state index >= 15 is 0 Å². The fraction of sp³-hybridized carbons (Fsp3) is 0.667. The lowest BCUT2D eigenvalue weighted by molar-refractivity contribution is -0.138. The molecule has 7 heteroatoms. The van der Waals surface area contributed by atoms with E-state index in [-0.39, 0.29) is 17.6 Å². The molecule has 0 saturated carbocycles. The largest absolute Gasteiger partial charge is 0.340 e. The van der Waals surface area contributed by atoms with Crippen molar-refractivity contribution in [3.63, 3.8) is 0 Å². The zero-order chi connectivity index (χ0) is 20.0. The van der Waals surface area contributed by atoms with Crippen LogP contribution in [0.5, 0.6) is 0 Å². The van der Waals surface area contributed by atoms with E-state index in [1.165, 1.54) is 5.56 Å². The lowest BCUT2D eigenvalue weighted by Gasteiger charge is -2.38. The Morgan fingerprint density at radius 3 is 2.25 bits per heavy atom. The maximum Gasteiger partial charge on any atom is 0.225 e. The van der Waals surface area contributed by atoms with Gasteiger partial charge in [-0.1, -0.05) is 43.7 Å². The normalized spacial score (nSPS) is 20.4. The van der Waals surface area contributed by atoms with Crippen LogP contribution >= 0.6 is 0 Å². The summed E-state index contributed by atoms with van der Waals surface area (Å²) in [7, 11) is -3.15. The van der Waals surface area contributed by atoms with Gasteiger partial charge in [-0.15, -0.1) is 0 Å². The third-order valence-electron chi connectivity index (χ3n) is 5.89. The number of amides is 1. The van der Waals surface area contributed by atoms with Crippen LogP contribution in [-0.4, -0.2) is 73.5 Å². The van der Waals surface area contributed by atoms with Crippen molar-refractivity contribution in [2.45, 2.75) is 39.2 Å². The molecule has 0 N–H and O–H groups in total. The molecular formula is C21H33N3O3S. The molecule has 28 heavy (non-hydrogen) atoms. The quantitative estimate of drug-likeness (QED) is 0.695. The number of piperidine rings is 1. The van der Waals surface area contributed by atoms with Gasteiger partial charge in [-0.25, -0.2) is 12.7 Å². The van der Waals surface area contributed by atoms with Crippen LogP contribution in [0.3, 0.4) is 0 Å². The van der Waals surface area contributed by atoms with Gasteiger partial charge in [0.2, 0.25) is 15.9 Å². The van der Waals surface area contributed by atoms with E-state index in [0.29, 0.717) is 32.4 Å². The number of nitrogens with zero attached hydrogens (tertiary/aromatic N) is 3. The molecule has 0 aromatic heterocycles. The standard InChI is InChI=1S/C21H33N3O3S/c1-2-3-17-28(26,27)24-11-9-20(10-12-24)21(25)23-15-13-22(14-16-23)18-19-7-5-4-6-8-19/h4-8,20H,2-3,9-18H2,1H3. The highest BCUT2D eigenvalue weighted by atomic mass is 32.2. The van der Waals surface area contributed by atoms with Crippen molar-refractivity contribution in [2.24, 2.45) is 5.92 Å². The maximum atomic E-state index is 12.9. The van der Waals surface area contributed by atoms with Crippen LogP contribution in [0.25, 0.3) is 0 Å². The highest BCUT2D eigenvalue weighted by molar-refractivity contribution is 7.89. The van der Waals surface area contributed by atoms with Gasteiger partial charge in [0.25, 0.3) is 0 Å². The van der Waals surface area contributed by atoms with E-state index in [9.17, 15) is 13.2 Å². The Balaban J connectivity index is 1.43. The van der Waals surface area contributed by atoms with Crippen molar-refractivity contribution in [3.8, 4) is 0 Å². The van der Waals surface area contributed by atoms with Gasteiger partial charge in [0.15, 0.2) is 0 Å². The third kappa shape index (κ3) is 5.55. The summed E-state index contributed by atoms with van der Waals surface area (Å²) in [5.74, 6) is 0.411. The van der Waals surface area contributed by atoms with Crippen LogP contribution < -0.4 is 0 Å². The third-order valence-corrected chi connectivity index (χ3v) is 7.84. The first-order valence-electron chi connectivity index (χ1n) is 10.5. The van der Waals surface area contributed by atoms with Gasteiger partial charge in [0.05, 0.1) is 5.75 Å². The molecule has 156 valence electrons. The average Bonchev–Trinajstić information content (AvgIpc) is 2.73. The van der Waals surface area contributed by atoms with E-state index < -0.39 is 10.0 Å². The van der Waals surface area contributed by atoms with Gasteiger partial charge in [-0.3, -0.25) is 9.69 Å². The highest BCUT2D eigenvalue weighted by Crippen LogP contribution is 2.23. The van der Waals surface area contributed by atoms with Crippen molar-refractivity contribution >= 4 is 15.9 Å². The Labute approximate surface area is 169 Å². The first-order valence-corrected chi connectivity index (χ1v) is 12.1. The number of hydrogen-bond acceptors (Lipinski definition) is 4. The Kier molecular flexibility index (Phi) is 7.48. The Hall–Kier alpha value is -1.44. The Morgan fingerprint density at radius 2 is 1.64 bits per heavy atom. The molecule has 2 heterocycles. The van der Waals surface area contributed by atoms with Gasteiger partial charge in [0, 0.05) is 51.7 Å². The topological polar surface area (TPSA) is 60.9 Å². The molecule has 0 spiro atoms. The van der Waals surface area contributed by atoms with Gasteiger partial charge in [0.1, 0.15) is 0 Å². The summed E-state index contributed by atoms with van der Waals surface area (Å²) < 4.78 is 26.3. The number of hydrogen-bond donors (Lipinski definition) is 0. The second kappa shape index (κ2) is 9.85. The summed E-state index contributed by atoms with van der Waals surface area (Å²) in [4.78, 5) is 17.3. The first-order chi connectivity index (χ1) is 13.5. The molecule has 0 atom stereocenters. The molecule has 0 bridgehead atoms. The first kappa shape index (κ1) is 21.3. The van der Waals surface area contributed by atoms with Crippen LogP contribution in [0.1, 0.15) is 38.2 Å². The van der Waals surface area contributed by atoms with Crippen LogP contribution in [0.15, 0.2) is 30.3 Å². The SMILES string of the molecule is CCCCS(=O)(=O)N1CCC(C(=O)N2CCN(Cc3ccccc3)CC2)CC1.